The molecule has 0 aliphatic carbocycles. The number of halogens is 3. The van der Waals surface area contributed by atoms with E-state index in [0.29, 0.717) is 29.8 Å². The van der Waals surface area contributed by atoms with Crippen LogP contribution in [0, 0.1) is 17.6 Å². The molecule has 11 heteroatoms. The molecule has 0 atom stereocenters. The summed E-state index contributed by atoms with van der Waals surface area (Å²) in [4.78, 5) is 20.3. The lowest BCUT2D eigenvalue weighted by Gasteiger charge is -2.14. The number of pyridine rings is 1. The monoisotopic (exact) mass is 489 g/mol. The maximum absolute atomic E-state index is 15.5. The Labute approximate surface area is 202 Å². The van der Waals surface area contributed by atoms with Gasteiger partial charge in [0.25, 0.3) is 11.9 Å². The van der Waals surface area contributed by atoms with E-state index in [4.69, 9.17) is 0 Å². The number of carbonyl (C=O) groups is 1. The van der Waals surface area contributed by atoms with E-state index in [1.807, 2.05) is 0 Å². The third-order valence-corrected chi connectivity index (χ3v) is 6.13. The summed E-state index contributed by atoms with van der Waals surface area (Å²) < 4.78 is 46.9. The van der Waals surface area contributed by atoms with Gasteiger partial charge in [0.1, 0.15) is 17.2 Å². The first-order valence-electron chi connectivity index (χ1n) is 11.3. The van der Waals surface area contributed by atoms with Gasteiger partial charge in [0.2, 0.25) is 0 Å². The number of benzene rings is 1. The fourth-order valence-corrected chi connectivity index (χ4v) is 4.41. The van der Waals surface area contributed by atoms with Crippen molar-refractivity contribution in [2.75, 3.05) is 5.32 Å². The van der Waals surface area contributed by atoms with Crippen LogP contribution in [0.2, 0.25) is 0 Å². The van der Waals surface area contributed by atoms with Crippen LogP contribution in [0.5, 0.6) is 0 Å². The van der Waals surface area contributed by atoms with Gasteiger partial charge in [0, 0.05) is 41.8 Å². The Morgan fingerprint density at radius 3 is 2.50 bits per heavy atom. The Morgan fingerprint density at radius 1 is 0.944 bits per heavy atom. The van der Waals surface area contributed by atoms with Gasteiger partial charge in [0.05, 0.1) is 5.56 Å². The number of carbonyl (C=O) groups excluding carboxylic acids is 1. The highest BCUT2D eigenvalue weighted by atomic mass is 19.1. The molecule has 5 heterocycles. The highest BCUT2D eigenvalue weighted by Gasteiger charge is 2.27. The Bertz CT molecular complexity index is 1610. The van der Waals surface area contributed by atoms with Gasteiger partial charge >= 0.3 is 0 Å². The van der Waals surface area contributed by atoms with Gasteiger partial charge in [-0.1, -0.05) is 0 Å². The minimum absolute atomic E-state index is 0.103. The summed E-state index contributed by atoms with van der Waals surface area (Å²) in [6.45, 7) is 0.651. The molecular formula is C25H18F3N7O. The van der Waals surface area contributed by atoms with E-state index >= 15 is 8.78 Å². The predicted octanol–water partition coefficient (Wildman–Crippen LogP) is 4.66. The largest absolute Gasteiger partial charge is 0.303 e. The van der Waals surface area contributed by atoms with Crippen LogP contribution < -0.4 is 5.32 Å². The van der Waals surface area contributed by atoms with E-state index in [0.717, 1.165) is 29.1 Å². The molecule has 0 radical (unpaired) electrons. The number of aromatic nitrogens is 6. The number of anilines is 1. The molecule has 0 saturated heterocycles. The zero-order valence-corrected chi connectivity index (χ0v) is 18.8. The first-order valence-corrected chi connectivity index (χ1v) is 11.3. The minimum atomic E-state index is -0.946. The standard InChI is InChI=1S/C25H18F3N7O/c26-16-6-4-14(5-7-16)21-20(18-3-1-2-12-34(18)32-21)22-17(27)13-19-30-24(23(28)35(19)33-22)31-25(36)15-8-10-29-11-9-15/h4-11,13H,1-3,12H2,(H,31,36). The van der Waals surface area contributed by atoms with Crippen LogP contribution in [0.1, 0.15) is 28.9 Å². The molecule has 1 aliphatic heterocycles. The van der Waals surface area contributed by atoms with E-state index in [1.54, 1.807) is 16.8 Å². The first-order chi connectivity index (χ1) is 17.5. The maximum Gasteiger partial charge on any atom is 0.259 e. The zero-order chi connectivity index (χ0) is 24.8. The number of hydrogen-bond donors (Lipinski definition) is 1. The van der Waals surface area contributed by atoms with E-state index in [-0.39, 0.29) is 22.7 Å². The molecule has 0 unspecified atom stereocenters. The van der Waals surface area contributed by atoms with Crippen molar-refractivity contribution in [3.05, 3.63) is 83.7 Å². The second kappa shape index (κ2) is 8.59. The summed E-state index contributed by atoms with van der Waals surface area (Å²) in [7, 11) is 0. The molecule has 0 spiro atoms. The molecule has 0 saturated carbocycles. The zero-order valence-electron chi connectivity index (χ0n) is 18.8. The van der Waals surface area contributed by atoms with E-state index in [1.165, 1.54) is 36.7 Å². The lowest BCUT2D eigenvalue weighted by Crippen LogP contribution is -2.13. The van der Waals surface area contributed by atoms with Crippen LogP contribution in [-0.4, -0.2) is 35.3 Å². The molecule has 4 aromatic heterocycles. The lowest BCUT2D eigenvalue weighted by atomic mass is 9.98. The summed E-state index contributed by atoms with van der Waals surface area (Å²) in [5, 5.41) is 11.3. The normalized spacial score (nSPS) is 13.1. The number of aryl methyl sites for hydroxylation is 1. The van der Waals surface area contributed by atoms with Gasteiger partial charge in [0.15, 0.2) is 17.3 Å². The SMILES string of the molecule is O=C(Nc1nc2cc(F)c(-c3c(-c4ccc(F)cc4)nn4c3CCCC4)nn2c1F)c1ccncc1. The predicted molar refractivity (Wildman–Crippen MR) is 125 cm³/mol. The number of imidazole rings is 1. The summed E-state index contributed by atoms with van der Waals surface area (Å²) in [6.07, 6.45) is 5.31. The van der Waals surface area contributed by atoms with Crippen molar-refractivity contribution in [3.63, 3.8) is 0 Å². The molecule has 1 N–H and O–H groups in total. The number of amides is 1. The fraction of sp³-hybridized carbons (Fsp3) is 0.160. The second-order valence-electron chi connectivity index (χ2n) is 8.41. The molecular weight excluding hydrogens is 471 g/mol. The molecule has 8 nitrogen and oxygen atoms in total. The average Bonchev–Trinajstić information content (AvgIpc) is 3.42. The summed E-state index contributed by atoms with van der Waals surface area (Å²) >= 11 is 0. The summed E-state index contributed by atoms with van der Waals surface area (Å²) in [5.41, 5.74) is 2.28. The number of hydrogen-bond acceptors (Lipinski definition) is 5. The van der Waals surface area contributed by atoms with Crippen LogP contribution >= 0.6 is 0 Å². The molecule has 6 rings (SSSR count). The van der Waals surface area contributed by atoms with E-state index in [9.17, 15) is 9.18 Å². The van der Waals surface area contributed by atoms with E-state index < -0.39 is 23.5 Å². The van der Waals surface area contributed by atoms with Gasteiger partial charge in [-0.05, 0) is 55.7 Å². The highest BCUT2D eigenvalue weighted by Crippen LogP contribution is 2.37. The average molecular weight is 489 g/mol. The molecule has 0 bridgehead atoms. The van der Waals surface area contributed by atoms with Crippen molar-refractivity contribution in [3.8, 4) is 22.5 Å². The highest BCUT2D eigenvalue weighted by molar-refractivity contribution is 6.03. The summed E-state index contributed by atoms with van der Waals surface area (Å²) in [6, 6.07) is 9.74. The molecule has 0 fully saturated rings. The molecule has 1 amide bonds. The fourth-order valence-electron chi connectivity index (χ4n) is 4.41. The van der Waals surface area contributed by atoms with Crippen molar-refractivity contribution < 1.29 is 18.0 Å². The van der Waals surface area contributed by atoms with Gasteiger partial charge in [-0.3, -0.25) is 14.5 Å². The maximum atomic E-state index is 15.5. The van der Waals surface area contributed by atoms with Gasteiger partial charge in [-0.25, -0.2) is 13.8 Å². The van der Waals surface area contributed by atoms with E-state index in [2.05, 4.69) is 25.5 Å². The number of rotatable bonds is 4. The van der Waals surface area contributed by atoms with Crippen LogP contribution in [0.3, 0.4) is 0 Å². The van der Waals surface area contributed by atoms with Crippen LogP contribution in [-0.2, 0) is 13.0 Å². The number of nitrogens with one attached hydrogen (secondary N) is 1. The van der Waals surface area contributed by atoms with Gasteiger partial charge in [-0.15, -0.1) is 0 Å². The number of nitrogens with zero attached hydrogens (tertiary/aromatic N) is 6. The van der Waals surface area contributed by atoms with Gasteiger partial charge in [-0.2, -0.15) is 19.1 Å². The smallest absolute Gasteiger partial charge is 0.259 e. The third-order valence-electron chi connectivity index (χ3n) is 6.13. The third kappa shape index (κ3) is 3.69. The molecule has 5 aromatic rings. The Kier molecular flexibility index (Phi) is 5.24. The molecule has 1 aromatic carbocycles. The van der Waals surface area contributed by atoms with Crippen molar-refractivity contribution in [2.45, 2.75) is 25.8 Å². The minimum Gasteiger partial charge on any atom is -0.303 e. The van der Waals surface area contributed by atoms with Crippen LogP contribution in [0.25, 0.3) is 28.2 Å². The van der Waals surface area contributed by atoms with Crippen LogP contribution in [0.15, 0.2) is 54.9 Å². The molecule has 1 aliphatic rings. The topological polar surface area (TPSA) is 90.0 Å². The molecule has 180 valence electrons. The first kappa shape index (κ1) is 22.0. The lowest BCUT2D eigenvalue weighted by molar-refractivity contribution is 0.102. The molecule has 36 heavy (non-hydrogen) atoms. The Morgan fingerprint density at radius 2 is 1.72 bits per heavy atom. The van der Waals surface area contributed by atoms with Gasteiger partial charge < -0.3 is 5.32 Å². The van der Waals surface area contributed by atoms with Crippen molar-refractivity contribution in [1.82, 2.24) is 29.4 Å². The van der Waals surface area contributed by atoms with Crippen molar-refractivity contribution in [2.24, 2.45) is 0 Å². The van der Waals surface area contributed by atoms with Crippen molar-refractivity contribution in [1.29, 1.82) is 0 Å². The van der Waals surface area contributed by atoms with Crippen molar-refractivity contribution >= 4 is 17.4 Å². The van der Waals surface area contributed by atoms with Crippen LogP contribution in [0.4, 0.5) is 19.0 Å². The quantitative estimate of drug-likeness (QED) is 0.397. The number of fused-ring (bicyclic) bond motifs is 2. The second-order valence-corrected chi connectivity index (χ2v) is 8.41. The Balaban J connectivity index is 1.47. The summed E-state index contributed by atoms with van der Waals surface area (Å²) in [5.74, 6) is -3.04. The Hall–Kier alpha value is -4.54.